The van der Waals surface area contributed by atoms with Crippen molar-refractivity contribution in [1.29, 1.82) is 0 Å². The van der Waals surface area contributed by atoms with Gasteiger partial charge in [0.2, 0.25) is 18.4 Å². The molecule has 1 amide bonds. The Kier molecular flexibility index (Phi) is 7.61. The Labute approximate surface area is 265 Å². The summed E-state index contributed by atoms with van der Waals surface area (Å²) < 4.78 is 28.1. The fourth-order valence-corrected chi connectivity index (χ4v) is 6.59. The van der Waals surface area contributed by atoms with Crippen LogP contribution in [0.1, 0.15) is 34.2 Å². The number of phenolic OH excluding ortho intramolecular Hbond substituents is 1. The van der Waals surface area contributed by atoms with Crippen LogP contribution in [0.15, 0.2) is 84.9 Å². The minimum atomic E-state index is -0.542. The molecule has 0 saturated carbocycles. The summed E-state index contributed by atoms with van der Waals surface area (Å²) in [6.07, 6.45) is 3.26. The summed E-state index contributed by atoms with van der Waals surface area (Å²) in [5, 5.41) is 17.1. The zero-order valence-electron chi connectivity index (χ0n) is 25.2. The summed E-state index contributed by atoms with van der Waals surface area (Å²) in [6, 6.07) is 24.1. The van der Waals surface area contributed by atoms with Gasteiger partial charge in [-0.05, 0) is 76.9 Å². The molecule has 0 aromatic heterocycles. The van der Waals surface area contributed by atoms with Crippen LogP contribution in [0.5, 0.6) is 28.7 Å². The molecule has 2 aliphatic heterocycles. The molecule has 7 rings (SSSR count). The van der Waals surface area contributed by atoms with E-state index >= 15 is 0 Å². The van der Waals surface area contributed by atoms with Crippen LogP contribution in [-0.4, -0.2) is 44.6 Å². The molecule has 0 spiro atoms. The third-order valence-electron chi connectivity index (χ3n) is 8.75. The molecule has 234 valence electrons. The molecular formula is C36H32N2O8. The maximum absolute atomic E-state index is 13.4. The van der Waals surface area contributed by atoms with Crippen molar-refractivity contribution in [3.8, 4) is 28.7 Å². The highest BCUT2D eigenvalue weighted by molar-refractivity contribution is 6.02. The van der Waals surface area contributed by atoms with Gasteiger partial charge < -0.3 is 39.4 Å². The van der Waals surface area contributed by atoms with E-state index in [9.17, 15) is 14.7 Å². The van der Waals surface area contributed by atoms with Crippen molar-refractivity contribution in [2.24, 2.45) is 11.8 Å². The Balaban J connectivity index is 1.21. The van der Waals surface area contributed by atoms with Crippen LogP contribution in [0.25, 0.3) is 6.08 Å². The highest BCUT2D eigenvalue weighted by Crippen LogP contribution is 2.56. The predicted octanol–water partition coefficient (Wildman–Crippen LogP) is 5.88. The van der Waals surface area contributed by atoms with Gasteiger partial charge in [-0.2, -0.15) is 0 Å². The van der Waals surface area contributed by atoms with Gasteiger partial charge in [0.25, 0.3) is 0 Å². The molecule has 0 unspecified atom stereocenters. The summed E-state index contributed by atoms with van der Waals surface area (Å²) in [6.45, 7) is 0.324. The lowest BCUT2D eigenvalue weighted by molar-refractivity contribution is -0.141. The Morgan fingerprint density at radius 2 is 1.52 bits per heavy atom. The molecule has 2 heterocycles. The number of hydrogen-bond acceptors (Lipinski definition) is 9. The number of ether oxygens (including phenoxy) is 5. The van der Waals surface area contributed by atoms with E-state index in [0.717, 1.165) is 27.9 Å². The first-order valence-corrected chi connectivity index (χ1v) is 14.9. The van der Waals surface area contributed by atoms with E-state index in [1.807, 2.05) is 66.7 Å². The summed E-state index contributed by atoms with van der Waals surface area (Å²) in [7, 11) is 2.94. The van der Waals surface area contributed by atoms with E-state index in [1.54, 1.807) is 18.2 Å². The van der Waals surface area contributed by atoms with E-state index in [2.05, 4.69) is 10.6 Å². The molecular weight excluding hydrogens is 588 g/mol. The second-order valence-electron chi connectivity index (χ2n) is 11.3. The first kappa shape index (κ1) is 29.1. The molecule has 3 N–H and O–H groups in total. The molecule has 0 radical (unpaired) electrons. The number of carbonyl (C=O) groups is 2. The number of hydrogen-bond donors (Lipinski definition) is 3. The number of carbonyl (C=O) groups excluding carboxylic acids is 2. The van der Waals surface area contributed by atoms with Gasteiger partial charge in [-0.1, -0.05) is 30.3 Å². The van der Waals surface area contributed by atoms with Gasteiger partial charge in [-0.25, -0.2) is 0 Å². The van der Waals surface area contributed by atoms with Crippen LogP contribution in [0.3, 0.4) is 0 Å². The van der Waals surface area contributed by atoms with E-state index in [-0.39, 0.29) is 54.5 Å². The topological polar surface area (TPSA) is 125 Å². The van der Waals surface area contributed by atoms with Crippen molar-refractivity contribution >= 4 is 29.3 Å². The average molecular weight is 621 g/mol. The van der Waals surface area contributed by atoms with Gasteiger partial charge in [-0.3, -0.25) is 9.59 Å². The summed E-state index contributed by atoms with van der Waals surface area (Å²) in [4.78, 5) is 25.9. The number of amides is 1. The minimum absolute atomic E-state index is 0.102. The van der Waals surface area contributed by atoms with E-state index in [1.165, 1.54) is 20.3 Å². The number of aromatic hydroxyl groups is 1. The molecule has 4 atom stereocenters. The third kappa shape index (κ3) is 5.32. The lowest BCUT2D eigenvalue weighted by Gasteiger charge is -2.40. The standard InChI is InChI=1S/C36H32N2O8/c1-42-29-14-21(15-30(43-2)35(29)40)32-24-16-27-28(46-19-45-27)17-25(24)34(26-18-44-36(41)33(26)32)38-23-11-9-22(10-12-23)37-31(39)13-8-20-6-4-3-5-7-20/h3-17,26,32-34,38,40H,18-19H2,1-2H3,(H,37,39)/b13-8+/t26-,32+,33-,34+/m0/s1. The van der Waals surface area contributed by atoms with E-state index in [0.29, 0.717) is 17.2 Å². The zero-order valence-corrected chi connectivity index (χ0v) is 25.2. The number of phenols is 1. The minimum Gasteiger partial charge on any atom is -0.502 e. The first-order valence-electron chi connectivity index (χ1n) is 14.9. The maximum Gasteiger partial charge on any atom is 0.310 e. The SMILES string of the molecule is COc1cc([C@@H]2c3cc4c(cc3[C@@H](Nc3ccc(NC(=O)/C=C/c5ccccc5)cc3)[C@H]3COC(=O)[C@H]23)OCO4)cc(OC)c1O. The van der Waals surface area contributed by atoms with Crippen molar-refractivity contribution in [1.82, 2.24) is 0 Å². The summed E-state index contributed by atoms with van der Waals surface area (Å²) in [5.74, 6) is -0.192. The van der Waals surface area contributed by atoms with Crippen LogP contribution < -0.4 is 29.6 Å². The summed E-state index contributed by atoms with van der Waals surface area (Å²) >= 11 is 0. The van der Waals surface area contributed by atoms with Crippen molar-refractivity contribution in [3.63, 3.8) is 0 Å². The molecule has 46 heavy (non-hydrogen) atoms. The Morgan fingerprint density at radius 1 is 0.870 bits per heavy atom. The fraction of sp³-hybridized carbons (Fsp3) is 0.222. The van der Waals surface area contributed by atoms with Gasteiger partial charge in [0.1, 0.15) is 0 Å². The highest BCUT2D eigenvalue weighted by atomic mass is 16.7. The second-order valence-corrected chi connectivity index (χ2v) is 11.3. The van der Waals surface area contributed by atoms with Gasteiger partial charge in [0, 0.05) is 29.3 Å². The van der Waals surface area contributed by atoms with Gasteiger partial charge in [-0.15, -0.1) is 0 Å². The van der Waals surface area contributed by atoms with Gasteiger partial charge >= 0.3 is 5.97 Å². The molecule has 1 saturated heterocycles. The van der Waals surface area contributed by atoms with Crippen LogP contribution in [0.4, 0.5) is 11.4 Å². The first-order chi connectivity index (χ1) is 22.4. The largest absolute Gasteiger partial charge is 0.502 e. The molecule has 1 aliphatic carbocycles. The number of fused-ring (bicyclic) bond motifs is 3. The van der Waals surface area contributed by atoms with E-state index in [4.69, 9.17) is 23.7 Å². The smallest absolute Gasteiger partial charge is 0.310 e. The fourth-order valence-electron chi connectivity index (χ4n) is 6.59. The Bertz CT molecular complexity index is 1800. The number of benzene rings is 4. The average Bonchev–Trinajstić information content (AvgIpc) is 3.70. The Morgan fingerprint density at radius 3 is 2.20 bits per heavy atom. The molecule has 4 aromatic rings. The molecule has 4 aromatic carbocycles. The number of rotatable bonds is 8. The van der Waals surface area contributed by atoms with Crippen LogP contribution in [-0.2, 0) is 14.3 Å². The number of nitrogens with one attached hydrogen (secondary N) is 2. The Hall–Kier alpha value is -5.64. The molecule has 3 aliphatic rings. The monoisotopic (exact) mass is 620 g/mol. The number of anilines is 2. The molecule has 0 bridgehead atoms. The van der Waals surface area contributed by atoms with E-state index < -0.39 is 11.8 Å². The van der Waals surface area contributed by atoms with Crippen molar-refractivity contribution in [3.05, 3.63) is 107 Å². The number of cyclic esters (lactones) is 1. The predicted molar refractivity (Wildman–Crippen MR) is 170 cm³/mol. The van der Waals surface area contributed by atoms with Crippen molar-refractivity contribution in [2.45, 2.75) is 12.0 Å². The quantitative estimate of drug-likeness (QED) is 0.164. The maximum atomic E-state index is 13.4. The van der Waals surface area contributed by atoms with Crippen LogP contribution in [0.2, 0.25) is 0 Å². The lowest BCUT2D eigenvalue weighted by atomic mass is 9.65. The van der Waals surface area contributed by atoms with Crippen LogP contribution >= 0.6 is 0 Å². The molecule has 10 heteroatoms. The second kappa shape index (κ2) is 12.0. The number of methoxy groups -OCH3 is 2. The summed E-state index contributed by atoms with van der Waals surface area (Å²) in [5.41, 5.74) is 4.92. The molecule has 1 fully saturated rings. The third-order valence-corrected chi connectivity index (χ3v) is 8.75. The van der Waals surface area contributed by atoms with Crippen LogP contribution in [0, 0.1) is 11.8 Å². The van der Waals surface area contributed by atoms with Gasteiger partial charge in [0.15, 0.2) is 23.0 Å². The van der Waals surface area contributed by atoms with Crippen molar-refractivity contribution < 1.29 is 38.4 Å². The normalized spacial score (nSPS) is 20.9. The van der Waals surface area contributed by atoms with Crippen molar-refractivity contribution in [2.75, 3.05) is 38.3 Å². The lowest BCUT2D eigenvalue weighted by Crippen LogP contribution is -2.37. The highest BCUT2D eigenvalue weighted by Gasteiger charge is 2.52. The molecule has 10 nitrogen and oxygen atoms in total. The zero-order chi connectivity index (χ0) is 31.8. The van der Waals surface area contributed by atoms with Gasteiger partial charge in [0.05, 0.1) is 32.8 Å². The number of esters is 1.